The molecule has 0 unspecified atom stereocenters. The van der Waals surface area contributed by atoms with Gasteiger partial charge >= 0.3 is 0 Å². The maximum absolute atomic E-state index is 8.45. The topological polar surface area (TPSA) is 29.5 Å². The van der Waals surface area contributed by atoms with Crippen LogP contribution >= 0.6 is 0 Å². The van der Waals surface area contributed by atoms with E-state index in [-0.39, 0.29) is 0 Å². The summed E-state index contributed by atoms with van der Waals surface area (Å²) in [6, 6.07) is 0. The average molecular weight is 144 g/mol. The van der Waals surface area contributed by atoms with Crippen molar-refractivity contribution in [2.75, 3.05) is 13.2 Å². The maximum Gasteiger partial charge on any atom is 0.0575 e. The van der Waals surface area contributed by atoms with Crippen LogP contribution in [0.5, 0.6) is 0 Å². The smallest absolute Gasteiger partial charge is 0.0575 e. The van der Waals surface area contributed by atoms with Gasteiger partial charge in [0.05, 0.1) is 6.10 Å². The SMILES string of the molecule is OCCCCOC1CCC1. The fourth-order valence-corrected chi connectivity index (χ4v) is 1.00. The van der Waals surface area contributed by atoms with Gasteiger partial charge in [-0.25, -0.2) is 0 Å². The molecule has 0 bridgehead atoms. The first-order valence-corrected chi connectivity index (χ1v) is 4.16. The normalized spacial score (nSPS) is 18.9. The third-order valence-electron chi connectivity index (χ3n) is 1.96. The van der Waals surface area contributed by atoms with Crippen LogP contribution in [0.4, 0.5) is 0 Å². The van der Waals surface area contributed by atoms with E-state index in [0.717, 1.165) is 19.4 Å². The Labute approximate surface area is 62.2 Å². The van der Waals surface area contributed by atoms with Crippen LogP contribution in [0.2, 0.25) is 0 Å². The standard InChI is InChI=1S/C8H16O2/c9-6-1-2-7-10-8-4-3-5-8/h8-9H,1-7H2. The van der Waals surface area contributed by atoms with Gasteiger partial charge in [-0.1, -0.05) is 0 Å². The van der Waals surface area contributed by atoms with Gasteiger partial charge in [0.25, 0.3) is 0 Å². The van der Waals surface area contributed by atoms with Gasteiger partial charge in [0.15, 0.2) is 0 Å². The quantitative estimate of drug-likeness (QED) is 0.590. The van der Waals surface area contributed by atoms with E-state index in [1.807, 2.05) is 0 Å². The Morgan fingerprint density at radius 1 is 1.30 bits per heavy atom. The molecular weight excluding hydrogens is 128 g/mol. The molecule has 1 rings (SSSR count). The summed E-state index contributed by atoms with van der Waals surface area (Å²) >= 11 is 0. The highest BCUT2D eigenvalue weighted by Gasteiger charge is 2.16. The lowest BCUT2D eigenvalue weighted by atomic mass is 9.96. The Kier molecular flexibility index (Phi) is 3.76. The third-order valence-corrected chi connectivity index (χ3v) is 1.96. The molecule has 0 aromatic carbocycles. The molecule has 0 aromatic rings. The average Bonchev–Trinajstić information content (AvgIpc) is 1.84. The number of aliphatic hydroxyl groups is 1. The maximum atomic E-state index is 8.45. The van der Waals surface area contributed by atoms with Crippen LogP contribution in [0.1, 0.15) is 32.1 Å². The van der Waals surface area contributed by atoms with Gasteiger partial charge in [0.1, 0.15) is 0 Å². The molecule has 0 atom stereocenters. The van der Waals surface area contributed by atoms with Gasteiger partial charge in [-0.15, -0.1) is 0 Å². The van der Waals surface area contributed by atoms with E-state index in [9.17, 15) is 0 Å². The molecule has 0 heterocycles. The first-order chi connectivity index (χ1) is 4.93. The summed E-state index contributed by atoms with van der Waals surface area (Å²) in [5.74, 6) is 0. The number of hydrogen-bond donors (Lipinski definition) is 1. The van der Waals surface area contributed by atoms with Gasteiger partial charge in [0, 0.05) is 13.2 Å². The molecule has 0 spiro atoms. The van der Waals surface area contributed by atoms with Gasteiger partial charge in [-0.05, 0) is 32.1 Å². The van der Waals surface area contributed by atoms with Gasteiger partial charge in [-0.3, -0.25) is 0 Å². The van der Waals surface area contributed by atoms with Crippen molar-refractivity contribution in [3.8, 4) is 0 Å². The van der Waals surface area contributed by atoms with Crippen molar-refractivity contribution in [1.29, 1.82) is 0 Å². The van der Waals surface area contributed by atoms with Crippen LogP contribution in [0.25, 0.3) is 0 Å². The Bertz CT molecular complexity index is 79.3. The molecule has 0 saturated heterocycles. The molecule has 0 radical (unpaired) electrons. The highest BCUT2D eigenvalue weighted by Crippen LogP contribution is 2.21. The molecule has 1 fully saturated rings. The molecule has 1 N–H and O–H groups in total. The van der Waals surface area contributed by atoms with E-state index in [0.29, 0.717) is 12.7 Å². The van der Waals surface area contributed by atoms with E-state index < -0.39 is 0 Å². The fraction of sp³-hybridized carbons (Fsp3) is 1.00. The number of unbranched alkanes of at least 4 members (excludes halogenated alkanes) is 1. The third kappa shape index (κ3) is 2.67. The van der Waals surface area contributed by atoms with Crippen molar-refractivity contribution in [2.24, 2.45) is 0 Å². The summed E-state index contributed by atoms with van der Waals surface area (Å²) in [7, 11) is 0. The minimum absolute atomic E-state index is 0.300. The Morgan fingerprint density at radius 3 is 2.60 bits per heavy atom. The number of rotatable bonds is 5. The summed E-state index contributed by atoms with van der Waals surface area (Å²) in [6.45, 7) is 1.14. The summed E-state index contributed by atoms with van der Waals surface area (Å²) < 4.78 is 5.47. The minimum atomic E-state index is 0.300. The zero-order valence-electron chi connectivity index (χ0n) is 6.38. The predicted octanol–water partition coefficient (Wildman–Crippen LogP) is 1.33. The van der Waals surface area contributed by atoms with Crippen LogP contribution in [0.3, 0.4) is 0 Å². The second-order valence-electron chi connectivity index (χ2n) is 2.85. The van der Waals surface area contributed by atoms with Crippen LogP contribution in [-0.4, -0.2) is 24.4 Å². The molecule has 2 nitrogen and oxygen atoms in total. The monoisotopic (exact) mass is 144 g/mol. The van der Waals surface area contributed by atoms with Crippen molar-refractivity contribution in [2.45, 2.75) is 38.2 Å². The Morgan fingerprint density at radius 2 is 2.10 bits per heavy atom. The predicted molar refractivity (Wildman–Crippen MR) is 39.9 cm³/mol. The van der Waals surface area contributed by atoms with E-state index in [1.165, 1.54) is 19.3 Å². The molecule has 1 aliphatic rings. The van der Waals surface area contributed by atoms with Crippen LogP contribution in [0.15, 0.2) is 0 Å². The Balaban J connectivity index is 1.76. The van der Waals surface area contributed by atoms with Gasteiger partial charge in [0.2, 0.25) is 0 Å². The molecule has 2 heteroatoms. The van der Waals surface area contributed by atoms with Crippen molar-refractivity contribution in [3.05, 3.63) is 0 Å². The largest absolute Gasteiger partial charge is 0.396 e. The second kappa shape index (κ2) is 4.69. The molecule has 60 valence electrons. The zero-order valence-corrected chi connectivity index (χ0v) is 6.38. The van der Waals surface area contributed by atoms with Gasteiger partial charge < -0.3 is 9.84 Å². The summed E-state index contributed by atoms with van der Waals surface area (Å²) in [6.07, 6.45) is 6.28. The number of aliphatic hydroxyl groups excluding tert-OH is 1. The second-order valence-corrected chi connectivity index (χ2v) is 2.85. The van der Waals surface area contributed by atoms with Crippen molar-refractivity contribution in [3.63, 3.8) is 0 Å². The lowest BCUT2D eigenvalue weighted by molar-refractivity contribution is -0.000400. The fourth-order valence-electron chi connectivity index (χ4n) is 1.00. The van der Waals surface area contributed by atoms with Gasteiger partial charge in [-0.2, -0.15) is 0 Å². The first kappa shape index (κ1) is 8.02. The van der Waals surface area contributed by atoms with E-state index in [2.05, 4.69) is 0 Å². The van der Waals surface area contributed by atoms with Crippen LogP contribution in [-0.2, 0) is 4.74 Å². The highest BCUT2D eigenvalue weighted by atomic mass is 16.5. The molecule has 10 heavy (non-hydrogen) atoms. The van der Waals surface area contributed by atoms with Crippen molar-refractivity contribution >= 4 is 0 Å². The molecule has 1 aliphatic carbocycles. The first-order valence-electron chi connectivity index (χ1n) is 4.16. The Hall–Kier alpha value is -0.0800. The summed E-state index contributed by atoms with van der Waals surface area (Å²) in [5.41, 5.74) is 0. The highest BCUT2D eigenvalue weighted by molar-refractivity contribution is 4.68. The molecule has 1 saturated carbocycles. The van der Waals surface area contributed by atoms with Crippen molar-refractivity contribution < 1.29 is 9.84 Å². The van der Waals surface area contributed by atoms with Crippen LogP contribution in [0, 0.1) is 0 Å². The lowest BCUT2D eigenvalue weighted by Crippen LogP contribution is -2.21. The molecular formula is C8H16O2. The lowest BCUT2D eigenvalue weighted by Gasteiger charge is -2.25. The number of hydrogen-bond acceptors (Lipinski definition) is 2. The van der Waals surface area contributed by atoms with E-state index in [4.69, 9.17) is 9.84 Å². The molecule has 0 aromatic heterocycles. The van der Waals surface area contributed by atoms with Crippen molar-refractivity contribution in [1.82, 2.24) is 0 Å². The zero-order chi connectivity index (χ0) is 7.23. The summed E-state index contributed by atoms with van der Waals surface area (Å²) in [5, 5.41) is 8.45. The minimum Gasteiger partial charge on any atom is -0.396 e. The summed E-state index contributed by atoms with van der Waals surface area (Å²) in [4.78, 5) is 0. The number of ether oxygens (including phenoxy) is 1. The molecule has 0 amide bonds. The molecule has 0 aliphatic heterocycles. The van der Waals surface area contributed by atoms with Crippen LogP contribution < -0.4 is 0 Å². The van der Waals surface area contributed by atoms with E-state index >= 15 is 0 Å². The van der Waals surface area contributed by atoms with E-state index in [1.54, 1.807) is 0 Å².